The van der Waals surface area contributed by atoms with Gasteiger partial charge >= 0.3 is 0 Å². The Morgan fingerprint density at radius 2 is 1.81 bits per heavy atom. The van der Waals surface area contributed by atoms with Gasteiger partial charge in [-0.15, -0.1) is 0 Å². The van der Waals surface area contributed by atoms with Crippen LogP contribution in [0, 0.1) is 5.92 Å². The molecule has 0 unspecified atom stereocenters. The second-order valence-corrected chi connectivity index (χ2v) is 7.77. The second-order valence-electron chi connectivity index (χ2n) is 6.48. The molecule has 0 aliphatic rings. The topological polar surface area (TPSA) is 67.4 Å². The van der Waals surface area contributed by atoms with Crippen LogP contribution >= 0.6 is 27.5 Å². The van der Waals surface area contributed by atoms with Crippen molar-refractivity contribution in [1.82, 2.24) is 10.9 Å². The first-order valence-electron chi connectivity index (χ1n) is 8.61. The average Bonchev–Trinajstić information content (AvgIpc) is 2.62. The number of hydrogen-bond donors (Lipinski definition) is 2. The summed E-state index contributed by atoms with van der Waals surface area (Å²) in [7, 11) is 0. The maximum absolute atomic E-state index is 12.2. The predicted molar refractivity (Wildman–Crippen MR) is 110 cm³/mol. The number of hydrogen-bond acceptors (Lipinski definition) is 3. The molecule has 5 nitrogen and oxygen atoms in total. The highest BCUT2D eigenvalue weighted by atomic mass is 79.9. The van der Waals surface area contributed by atoms with E-state index in [-0.39, 0.29) is 12.3 Å². The molecular weight excluding hydrogens is 432 g/mol. The van der Waals surface area contributed by atoms with Gasteiger partial charge in [0.1, 0.15) is 5.75 Å². The van der Waals surface area contributed by atoms with Crippen LogP contribution in [-0.4, -0.2) is 18.4 Å². The third-order valence-electron chi connectivity index (χ3n) is 3.74. The van der Waals surface area contributed by atoms with Crippen LogP contribution in [0.15, 0.2) is 46.9 Å². The minimum atomic E-state index is -0.408. The van der Waals surface area contributed by atoms with E-state index in [4.69, 9.17) is 16.3 Å². The number of nitrogens with one attached hydrogen (secondary N) is 2. The summed E-state index contributed by atoms with van der Waals surface area (Å²) in [5, 5.41) is 0.606. The van der Waals surface area contributed by atoms with E-state index in [9.17, 15) is 9.59 Å². The van der Waals surface area contributed by atoms with E-state index in [1.165, 1.54) is 0 Å². The molecule has 0 bridgehead atoms. The van der Waals surface area contributed by atoms with E-state index in [2.05, 4.69) is 40.6 Å². The van der Waals surface area contributed by atoms with Gasteiger partial charge in [-0.05, 0) is 64.2 Å². The molecule has 0 spiro atoms. The molecule has 0 aliphatic carbocycles. The highest BCUT2D eigenvalue weighted by molar-refractivity contribution is 9.10. The van der Waals surface area contributed by atoms with E-state index in [0.717, 1.165) is 12.0 Å². The van der Waals surface area contributed by atoms with Crippen LogP contribution in [0.4, 0.5) is 0 Å². The molecule has 0 fully saturated rings. The van der Waals surface area contributed by atoms with E-state index in [0.29, 0.717) is 33.3 Å². The van der Waals surface area contributed by atoms with E-state index in [1.807, 2.05) is 0 Å². The zero-order chi connectivity index (χ0) is 19.8. The molecule has 2 aromatic carbocycles. The van der Waals surface area contributed by atoms with Crippen molar-refractivity contribution in [2.45, 2.75) is 26.7 Å². The third-order valence-corrected chi connectivity index (χ3v) is 4.61. The van der Waals surface area contributed by atoms with Gasteiger partial charge in [0.05, 0.1) is 17.5 Å². The highest BCUT2D eigenvalue weighted by Crippen LogP contribution is 2.26. The Balaban J connectivity index is 1.85. The minimum Gasteiger partial charge on any atom is -0.492 e. The molecule has 2 aromatic rings. The zero-order valence-electron chi connectivity index (χ0n) is 15.2. The van der Waals surface area contributed by atoms with Gasteiger partial charge in [-0.2, -0.15) is 0 Å². The van der Waals surface area contributed by atoms with Gasteiger partial charge < -0.3 is 4.74 Å². The van der Waals surface area contributed by atoms with Crippen molar-refractivity contribution in [3.63, 3.8) is 0 Å². The van der Waals surface area contributed by atoms with Crippen LogP contribution in [0.3, 0.4) is 0 Å². The Bertz CT molecular complexity index is 794. The van der Waals surface area contributed by atoms with Crippen LogP contribution in [0.2, 0.25) is 5.02 Å². The number of amides is 2. The van der Waals surface area contributed by atoms with Crippen molar-refractivity contribution < 1.29 is 14.3 Å². The Kier molecular flexibility index (Phi) is 8.13. The first kappa shape index (κ1) is 21.3. The summed E-state index contributed by atoms with van der Waals surface area (Å²) in [4.78, 5) is 24.1. The SMILES string of the molecule is CC(C)CCOc1ccc(C(=O)NNC(=O)Cc2ccc(Cl)cc2)cc1Br. The first-order valence-corrected chi connectivity index (χ1v) is 9.78. The van der Waals surface area contributed by atoms with Crippen molar-refractivity contribution in [3.05, 3.63) is 63.1 Å². The Labute approximate surface area is 172 Å². The molecule has 2 N–H and O–H groups in total. The summed E-state index contributed by atoms with van der Waals surface area (Å²) in [6.45, 7) is 4.88. The first-order chi connectivity index (χ1) is 12.8. The summed E-state index contributed by atoms with van der Waals surface area (Å²) in [6, 6.07) is 12.0. The summed E-state index contributed by atoms with van der Waals surface area (Å²) in [6.07, 6.45) is 1.10. The molecule has 0 saturated heterocycles. The largest absolute Gasteiger partial charge is 0.492 e. The lowest BCUT2D eigenvalue weighted by atomic mass is 10.1. The maximum Gasteiger partial charge on any atom is 0.269 e. The smallest absolute Gasteiger partial charge is 0.269 e. The minimum absolute atomic E-state index is 0.143. The molecule has 0 atom stereocenters. The van der Waals surface area contributed by atoms with Gasteiger partial charge in [0, 0.05) is 10.6 Å². The lowest BCUT2D eigenvalue weighted by molar-refractivity contribution is -0.121. The lowest BCUT2D eigenvalue weighted by Gasteiger charge is -2.11. The molecule has 7 heteroatoms. The summed E-state index contributed by atoms with van der Waals surface area (Å²) < 4.78 is 6.38. The van der Waals surface area contributed by atoms with Gasteiger partial charge in [-0.1, -0.05) is 37.6 Å². The molecule has 0 radical (unpaired) electrons. The number of benzene rings is 2. The molecule has 0 saturated carbocycles. The van der Waals surface area contributed by atoms with Crippen LogP contribution in [0.5, 0.6) is 5.75 Å². The van der Waals surface area contributed by atoms with Gasteiger partial charge in [-0.25, -0.2) is 0 Å². The van der Waals surface area contributed by atoms with Crippen molar-refractivity contribution in [2.24, 2.45) is 5.92 Å². The number of halogens is 2. The average molecular weight is 454 g/mol. The normalized spacial score (nSPS) is 10.6. The van der Waals surface area contributed by atoms with Gasteiger partial charge in [-0.3, -0.25) is 20.4 Å². The maximum atomic E-state index is 12.2. The fraction of sp³-hybridized carbons (Fsp3) is 0.300. The second kappa shape index (κ2) is 10.3. The zero-order valence-corrected chi connectivity index (χ0v) is 17.6. The molecule has 0 heterocycles. The molecule has 0 aromatic heterocycles. The van der Waals surface area contributed by atoms with Crippen molar-refractivity contribution in [1.29, 1.82) is 0 Å². The molecule has 2 amide bonds. The van der Waals surface area contributed by atoms with Crippen LogP contribution in [-0.2, 0) is 11.2 Å². The third kappa shape index (κ3) is 7.23. The molecule has 27 heavy (non-hydrogen) atoms. The van der Waals surface area contributed by atoms with Crippen molar-refractivity contribution in [2.75, 3.05) is 6.61 Å². The van der Waals surface area contributed by atoms with Gasteiger partial charge in [0.15, 0.2) is 0 Å². The monoisotopic (exact) mass is 452 g/mol. The number of rotatable bonds is 7. The Morgan fingerprint density at radius 1 is 1.11 bits per heavy atom. The number of hydrazine groups is 1. The summed E-state index contributed by atoms with van der Waals surface area (Å²) in [5.41, 5.74) is 6.03. The standard InChI is InChI=1S/C20H22BrClN2O3/c1-13(2)9-10-27-18-8-5-15(12-17(18)21)20(26)24-23-19(25)11-14-3-6-16(22)7-4-14/h3-8,12-13H,9-11H2,1-2H3,(H,23,25)(H,24,26). The number of carbonyl (C=O) groups excluding carboxylic acids is 2. The molecular formula is C20H22BrClN2O3. The Morgan fingerprint density at radius 3 is 2.44 bits per heavy atom. The van der Waals surface area contributed by atoms with Gasteiger partial charge in [0.25, 0.3) is 5.91 Å². The predicted octanol–water partition coefficient (Wildman–Crippen LogP) is 4.53. The quantitative estimate of drug-likeness (QED) is 0.605. The summed E-state index contributed by atoms with van der Waals surface area (Å²) in [5.74, 6) is 0.511. The highest BCUT2D eigenvalue weighted by Gasteiger charge is 2.11. The van der Waals surface area contributed by atoms with Crippen molar-refractivity contribution in [3.8, 4) is 5.75 Å². The fourth-order valence-electron chi connectivity index (χ4n) is 2.19. The number of carbonyl (C=O) groups is 2. The van der Waals surface area contributed by atoms with E-state index in [1.54, 1.807) is 42.5 Å². The number of ether oxygens (including phenoxy) is 1. The molecule has 0 aliphatic heterocycles. The van der Waals surface area contributed by atoms with Gasteiger partial charge in [0.2, 0.25) is 5.91 Å². The van der Waals surface area contributed by atoms with Crippen LogP contribution in [0.1, 0.15) is 36.2 Å². The van der Waals surface area contributed by atoms with E-state index < -0.39 is 5.91 Å². The Hall–Kier alpha value is -2.05. The van der Waals surface area contributed by atoms with Crippen LogP contribution < -0.4 is 15.6 Å². The molecule has 144 valence electrons. The fourth-order valence-corrected chi connectivity index (χ4v) is 2.81. The van der Waals surface area contributed by atoms with E-state index >= 15 is 0 Å². The molecule has 2 rings (SSSR count). The summed E-state index contributed by atoms with van der Waals surface area (Å²) >= 11 is 9.22. The lowest BCUT2D eigenvalue weighted by Crippen LogP contribution is -2.42. The van der Waals surface area contributed by atoms with Crippen molar-refractivity contribution >= 4 is 39.3 Å². The van der Waals surface area contributed by atoms with Crippen LogP contribution in [0.25, 0.3) is 0 Å².